The first-order chi connectivity index (χ1) is 16.9. The van der Waals surface area contributed by atoms with Crippen LogP contribution in [0.4, 0.5) is 11.4 Å². The van der Waals surface area contributed by atoms with E-state index in [0.29, 0.717) is 49.5 Å². The van der Waals surface area contributed by atoms with Crippen molar-refractivity contribution in [1.29, 1.82) is 0 Å². The van der Waals surface area contributed by atoms with Crippen molar-refractivity contribution in [2.75, 3.05) is 30.0 Å². The van der Waals surface area contributed by atoms with E-state index in [2.05, 4.69) is 12.0 Å². The zero-order valence-electron chi connectivity index (χ0n) is 19.9. The number of ether oxygens (including phenoxy) is 1. The number of hydrogen-bond acceptors (Lipinski definition) is 5. The molecule has 35 heavy (non-hydrogen) atoms. The van der Waals surface area contributed by atoms with Crippen molar-refractivity contribution >= 4 is 29.1 Å². The molecule has 1 aliphatic carbocycles. The fraction of sp³-hybridized carbons (Fsp3) is 0.385. The zero-order chi connectivity index (χ0) is 24.7. The van der Waals surface area contributed by atoms with Crippen LogP contribution in [0.1, 0.15) is 58.8 Å². The molecule has 9 heteroatoms. The largest absolute Gasteiger partial charge is 0.497 e. The highest BCUT2D eigenvalue weighted by atomic mass is 16.5. The SMILES string of the molecule is COC1=CCC(n2nc(C(N)=O)c3c2C(=O)N(c2ccc(N4CC(C)CCC4=O)cc2)CC3)C=C1. The topological polar surface area (TPSA) is 111 Å². The summed E-state index contributed by atoms with van der Waals surface area (Å²) in [5.74, 6) is 0.462. The number of nitrogens with two attached hydrogens (primary N) is 1. The van der Waals surface area contributed by atoms with Crippen LogP contribution in [-0.2, 0) is 16.0 Å². The molecule has 3 heterocycles. The molecule has 3 amide bonds. The van der Waals surface area contributed by atoms with Crippen molar-refractivity contribution < 1.29 is 19.1 Å². The Morgan fingerprint density at radius 1 is 1.11 bits per heavy atom. The summed E-state index contributed by atoms with van der Waals surface area (Å²) in [4.78, 5) is 41.7. The second-order valence-electron chi connectivity index (χ2n) is 9.33. The predicted octanol–water partition coefficient (Wildman–Crippen LogP) is 2.98. The minimum atomic E-state index is -0.640. The van der Waals surface area contributed by atoms with Gasteiger partial charge in [-0.05, 0) is 61.6 Å². The van der Waals surface area contributed by atoms with Crippen LogP contribution in [0.15, 0.2) is 48.3 Å². The number of rotatable bonds is 5. The maximum Gasteiger partial charge on any atom is 0.276 e. The summed E-state index contributed by atoms with van der Waals surface area (Å²) < 4.78 is 6.88. The summed E-state index contributed by atoms with van der Waals surface area (Å²) in [5.41, 5.74) is 8.30. The van der Waals surface area contributed by atoms with E-state index in [9.17, 15) is 14.4 Å². The number of amides is 3. The number of primary amides is 1. The first-order valence-electron chi connectivity index (χ1n) is 11.9. The fourth-order valence-electron chi connectivity index (χ4n) is 5.06. The minimum absolute atomic E-state index is 0.128. The molecular formula is C26H29N5O4. The second-order valence-corrected chi connectivity index (χ2v) is 9.33. The van der Waals surface area contributed by atoms with Gasteiger partial charge in [-0.1, -0.05) is 13.0 Å². The van der Waals surface area contributed by atoms with E-state index in [1.165, 1.54) is 0 Å². The van der Waals surface area contributed by atoms with Gasteiger partial charge in [0, 0.05) is 36.4 Å². The van der Waals surface area contributed by atoms with Crippen LogP contribution in [0.3, 0.4) is 0 Å². The second kappa shape index (κ2) is 9.05. The van der Waals surface area contributed by atoms with E-state index in [-0.39, 0.29) is 23.6 Å². The molecule has 0 spiro atoms. The number of fused-ring (bicyclic) bond motifs is 1. The summed E-state index contributed by atoms with van der Waals surface area (Å²) >= 11 is 0. The lowest BCUT2D eigenvalue weighted by Crippen LogP contribution is -2.40. The number of anilines is 2. The van der Waals surface area contributed by atoms with Crippen LogP contribution >= 0.6 is 0 Å². The van der Waals surface area contributed by atoms with E-state index in [0.717, 1.165) is 23.6 Å². The number of carbonyl (C=O) groups is 3. The van der Waals surface area contributed by atoms with E-state index in [4.69, 9.17) is 10.5 Å². The maximum absolute atomic E-state index is 13.7. The van der Waals surface area contributed by atoms with Gasteiger partial charge in [-0.2, -0.15) is 5.10 Å². The molecule has 2 atom stereocenters. The number of aromatic nitrogens is 2. The Hall–Kier alpha value is -3.88. The number of piperidine rings is 1. The van der Waals surface area contributed by atoms with Gasteiger partial charge in [0.25, 0.3) is 11.8 Å². The van der Waals surface area contributed by atoms with Crippen LogP contribution < -0.4 is 15.5 Å². The van der Waals surface area contributed by atoms with Gasteiger partial charge in [-0.25, -0.2) is 0 Å². The van der Waals surface area contributed by atoms with Gasteiger partial charge in [-0.15, -0.1) is 0 Å². The highest BCUT2D eigenvalue weighted by molar-refractivity contribution is 6.09. The Labute approximate surface area is 203 Å². The van der Waals surface area contributed by atoms with Gasteiger partial charge in [0.2, 0.25) is 5.91 Å². The summed E-state index contributed by atoms with van der Waals surface area (Å²) in [6.45, 7) is 3.26. The molecule has 0 radical (unpaired) electrons. The lowest BCUT2D eigenvalue weighted by Gasteiger charge is -2.32. The Kier molecular flexibility index (Phi) is 5.92. The lowest BCUT2D eigenvalue weighted by atomic mass is 9.99. The molecule has 1 saturated heterocycles. The van der Waals surface area contributed by atoms with Crippen molar-refractivity contribution in [2.24, 2.45) is 11.7 Å². The molecule has 1 fully saturated rings. The minimum Gasteiger partial charge on any atom is -0.497 e. The molecule has 1 aromatic heterocycles. The van der Waals surface area contributed by atoms with Crippen LogP contribution in [0.5, 0.6) is 0 Å². The van der Waals surface area contributed by atoms with Crippen molar-refractivity contribution in [3.05, 3.63) is 65.2 Å². The number of methoxy groups -OCH3 is 1. The van der Waals surface area contributed by atoms with Crippen molar-refractivity contribution in [2.45, 2.75) is 38.6 Å². The Bertz CT molecular complexity index is 1240. The summed E-state index contributed by atoms with van der Waals surface area (Å²) in [6.07, 6.45) is 8.19. The molecule has 2 N–H and O–H groups in total. The standard InChI is InChI=1S/C26H29N5O4/c1-16-3-12-22(32)30(15-16)18-6-4-17(5-7-18)29-14-13-21-23(25(27)33)28-31(24(21)26(29)34)19-8-10-20(35-2)11-9-19/h4-8,10-11,16,19H,3,9,12-15H2,1-2H3,(H2,27,33). The summed E-state index contributed by atoms with van der Waals surface area (Å²) in [6, 6.07) is 7.29. The first-order valence-corrected chi connectivity index (χ1v) is 11.9. The van der Waals surface area contributed by atoms with Crippen LogP contribution in [0.25, 0.3) is 0 Å². The van der Waals surface area contributed by atoms with Gasteiger partial charge in [0.15, 0.2) is 5.69 Å². The van der Waals surface area contributed by atoms with Crippen molar-refractivity contribution in [1.82, 2.24) is 9.78 Å². The normalized spacial score (nSPS) is 22.2. The van der Waals surface area contributed by atoms with Crippen molar-refractivity contribution in [3.8, 4) is 0 Å². The highest BCUT2D eigenvalue weighted by Gasteiger charge is 2.36. The van der Waals surface area contributed by atoms with E-state index >= 15 is 0 Å². The molecule has 2 aliphatic heterocycles. The molecule has 9 nitrogen and oxygen atoms in total. The van der Waals surface area contributed by atoms with Crippen LogP contribution in [-0.4, -0.2) is 47.7 Å². The van der Waals surface area contributed by atoms with E-state index in [1.54, 1.807) is 16.7 Å². The Balaban J connectivity index is 1.44. The quantitative estimate of drug-likeness (QED) is 0.715. The third kappa shape index (κ3) is 4.11. The number of allylic oxidation sites excluding steroid dienone is 3. The van der Waals surface area contributed by atoms with Gasteiger partial charge >= 0.3 is 0 Å². The predicted molar refractivity (Wildman–Crippen MR) is 131 cm³/mol. The van der Waals surface area contributed by atoms with Gasteiger partial charge in [0.05, 0.1) is 13.2 Å². The fourth-order valence-corrected chi connectivity index (χ4v) is 5.06. The molecule has 2 aromatic rings. The smallest absolute Gasteiger partial charge is 0.276 e. The molecule has 0 bridgehead atoms. The summed E-state index contributed by atoms with van der Waals surface area (Å²) in [7, 11) is 1.60. The Morgan fingerprint density at radius 3 is 2.46 bits per heavy atom. The maximum atomic E-state index is 13.7. The molecule has 2 unspecified atom stereocenters. The van der Waals surface area contributed by atoms with Gasteiger partial charge in [-0.3, -0.25) is 19.1 Å². The lowest BCUT2D eigenvalue weighted by molar-refractivity contribution is -0.120. The molecule has 5 rings (SSSR count). The average molecular weight is 476 g/mol. The number of benzene rings is 1. The molecule has 0 saturated carbocycles. The molecule has 3 aliphatic rings. The number of carbonyl (C=O) groups excluding carboxylic acids is 3. The Morgan fingerprint density at radius 2 is 1.83 bits per heavy atom. The van der Waals surface area contributed by atoms with Gasteiger partial charge < -0.3 is 20.3 Å². The molecular weight excluding hydrogens is 446 g/mol. The number of hydrogen-bond donors (Lipinski definition) is 1. The highest BCUT2D eigenvalue weighted by Crippen LogP contribution is 2.33. The summed E-state index contributed by atoms with van der Waals surface area (Å²) in [5, 5.41) is 4.46. The molecule has 182 valence electrons. The van der Waals surface area contributed by atoms with Crippen LogP contribution in [0.2, 0.25) is 0 Å². The zero-order valence-corrected chi connectivity index (χ0v) is 19.9. The van der Waals surface area contributed by atoms with E-state index in [1.807, 2.05) is 47.4 Å². The third-order valence-corrected chi connectivity index (χ3v) is 6.99. The van der Waals surface area contributed by atoms with E-state index < -0.39 is 5.91 Å². The van der Waals surface area contributed by atoms with Gasteiger partial charge in [0.1, 0.15) is 11.5 Å². The third-order valence-electron chi connectivity index (χ3n) is 6.99. The molecule has 1 aromatic carbocycles. The van der Waals surface area contributed by atoms with Crippen LogP contribution in [0, 0.1) is 5.92 Å². The average Bonchev–Trinajstić information content (AvgIpc) is 3.27. The van der Waals surface area contributed by atoms with Crippen molar-refractivity contribution in [3.63, 3.8) is 0 Å². The number of nitrogens with zero attached hydrogens (tertiary/aromatic N) is 4. The first kappa shape index (κ1) is 22.9. The monoisotopic (exact) mass is 475 g/mol.